The van der Waals surface area contributed by atoms with Crippen LogP contribution in [0, 0.1) is 6.92 Å². The highest BCUT2D eigenvalue weighted by molar-refractivity contribution is 6.31. The summed E-state index contributed by atoms with van der Waals surface area (Å²) in [7, 11) is 0. The van der Waals surface area contributed by atoms with Gasteiger partial charge in [-0.15, -0.1) is 0 Å². The van der Waals surface area contributed by atoms with Crippen molar-refractivity contribution in [3.8, 4) is 0 Å². The summed E-state index contributed by atoms with van der Waals surface area (Å²) >= 11 is 6.01. The number of nitrogens with zero attached hydrogens (tertiary/aromatic N) is 1. The van der Waals surface area contributed by atoms with Crippen LogP contribution in [0.25, 0.3) is 6.08 Å². The van der Waals surface area contributed by atoms with Crippen LogP contribution in [0.4, 0.5) is 0 Å². The van der Waals surface area contributed by atoms with Gasteiger partial charge in [0.25, 0.3) is 0 Å². The summed E-state index contributed by atoms with van der Waals surface area (Å²) in [5.74, 6) is -1.33. The van der Waals surface area contributed by atoms with Crippen molar-refractivity contribution >= 4 is 35.4 Å². The first-order valence-electron chi connectivity index (χ1n) is 6.47. The highest BCUT2D eigenvalue weighted by Gasteiger charge is 2.32. The molecule has 1 aliphatic rings. The Hall–Kier alpha value is -2.14. The molecule has 0 bridgehead atoms. The SMILES string of the molecule is Cc1ccc(C=CC(=O)N2CC(=O)NC(=O)C2C)cc1Cl. The van der Waals surface area contributed by atoms with Crippen molar-refractivity contribution in [1.82, 2.24) is 10.2 Å². The van der Waals surface area contributed by atoms with E-state index < -0.39 is 17.9 Å². The number of rotatable bonds is 2. The summed E-state index contributed by atoms with van der Waals surface area (Å²) in [6, 6.07) is 4.77. The molecule has 1 aliphatic heterocycles. The first-order valence-corrected chi connectivity index (χ1v) is 6.85. The van der Waals surface area contributed by atoms with Gasteiger partial charge in [-0.05, 0) is 37.1 Å². The van der Waals surface area contributed by atoms with Crippen molar-refractivity contribution in [2.75, 3.05) is 6.54 Å². The summed E-state index contributed by atoms with van der Waals surface area (Å²) in [5, 5.41) is 2.80. The summed E-state index contributed by atoms with van der Waals surface area (Å²) in [5.41, 5.74) is 1.73. The van der Waals surface area contributed by atoms with Crippen molar-refractivity contribution in [3.05, 3.63) is 40.4 Å². The number of halogens is 1. The van der Waals surface area contributed by atoms with Gasteiger partial charge in [0.15, 0.2) is 0 Å². The number of carbonyl (C=O) groups excluding carboxylic acids is 3. The molecule has 5 nitrogen and oxygen atoms in total. The fraction of sp³-hybridized carbons (Fsp3) is 0.267. The van der Waals surface area contributed by atoms with Crippen LogP contribution < -0.4 is 5.32 Å². The van der Waals surface area contributed by atoms with Crippen molar-refractivity contribution in [2.24, 2.45) is 0 Å². The van der Waals surface area contributed by atoms with E-state index in [1.54, 1.807) is 19.1 Å². The third-order valence-corrected chi connectivity index (χ3v) is 3.73. The molecule has 1 aromatic rings. The van der Waals surface area contributed by atoms with Crippen LogP contribution in [0.3, 0.4) is 0 Å². The zero-order valence-electron chi connectivity index (χ0n) is 11.7. The van der Waals surface area contributed by atoms with E-state index in [0.29, 0.717) is 5.02 Å². The number of benzene rings is 1. The van der Waals surface area contributed by atoms with Crippen LogP contribution in [-0.2, 0) is 14.4 Å². The maximum Gasteiger partial charge on any atom is 0.249 e. The van der Waals surface area contributed by atoms with Gasteiger partial charge in [-0.1, -0.05) is 23.7 Å². The van der Waals surface area contributed by atoms with E-state index in [2.05, 4.69) is 5.32 Å². The minimum atomic E-state index is -0.665. The van der Waals surface area contributed by atoms with Gasteiger partial charge in [-0.3, -0.25) is 19.7 Å². The molecule has 0 spiro atoms. The molecule has 21 heavy (non-hydrogen) atoms. The van der Waals surface area contributed by atoms with E-state index in [1.165, 1.54) is 11.0 Å². The lowest BCUT2D eigenvalue weighted by molar-refractivity contribution is -0.147. The van der Waals surface area contributed by atoms with Crippen molar-refractivity contribution in [1.29, 1.82) is 0 Å². The number of aryl methyl sites for hydroxylation is 1. The summed E-state index contributed by atoms with van der Waals surface area (Å²) in [6.07, 6.45) is 2.95. The molecule has 1 atom stereocenters. The summed E-state index contributed by atoms with van der Waals surface area (Å²) in [6.45, 7) is 3.35. The number of piperazine rings is 1. The van der Waals surface area contributed by atoms with Gasteiger partial charge in [0, 0.05) is 11.1 Å². The maximum atomic E-state index is 12.1. The van der Waals surface area contributed by atoms with Crippen LogP contribution >= 0.6 is 11.6 Å². The quantitative estimate of drug-likeness (QED) is 0.666. The molecule has 3 amide bonds. The Bertz CT molecular complexity index is 640. The van der Waals surface area contributed by atoms with E-state index in [1.807, 2.05) is 19.1 Å². The fourth-order valence-electron chi connectivity index (χ4n) is 1.96. The molecular formula is C15H15ClN2O3. The minimum absolute atomic E-state index is 0.120. The number of hydrogen-bond acceptors (Lipinski definition) is 3. The smallest absolute Gasteiger partial charge is 0.249 e. The molecule has 1 unspecified atom stereocenters. The molecule has 0 radical (unpaired) electrons. The molecule has 1 N–H and O–H groups in total. The standard InChI is InChI=1S/C15H15ClN2O3/c1-9-3-4-11(7-12(9)16)5-6-14(20)18-8-13(19)17-15(21)10(18)2/h3-7,10H,8H2,1-2H3,(H,17,19,21). The summed E-state index contributed by atoms with van der Waals surface area (Å²) < 4.78 is 0. The zero-order chi connectivity index (χ0) is 15.6. The number of hydrogen-bond donors (Lipinski definition) is 1. The highest BCUT2D eigenvalue weighted by Crippen LogP contribution is 2.17. The zero-order valence-corrected chi connectivity index (χ0v) is 12.5. The van der Waals surface area contributed by atoms with Crippen molar-refractivity contribution in [3.63, 3.8) is 0 Å². The molecule has 110 valence electrons. The molecular weight excluding hydrogens is 292 g/mol. The average Bonchev–Trinajstić information content (AvgIpc) is 2.43. The van der Waals surface area contributed by atoms with E-state index in [-0.39, 0.29) is 12.5 Å². The Morgan fingerprint density at radius 3 is 2.81 bits per heavy atom. The Kier molecular flexibility index (Phi) is 4.43. The molecule has 0 saturated carbocycles. The van der Waals surface area contributed by atoms with Crippen LogP contribution in [0.5, 0.6) is 0 Å². The third-order valence-electron chi connectivity index (χ3n) is 3.32. The molecule has 1 heterocycles. The monoisotopic (exact) mass is 306 g/mol. The number of imide groups is 1. The minimum Gasteiger partial charge on any atom is -0.318 e. The first-order chi connectivity index (χ1) is 9.88. The Morgan fingerprint density at radius 1 is 1.43 bits per heavy atom. The highest BCUT2D eigenvalue weighted by atomic mass is 35.5. The Balaban J connectivity index is 2.12. The number of amides is 3. The molecule has 0 aliphatic carbocycles. The number of nitrogens with one attached hydrogen (secondary N) is 1. The van der Waals surface area contributed by atoms with Gasteiger partial charge in [0.05, 0.1) is 0 Å². The summed E-state index contributed by atoms with van der Waals surface area (Å²) in [4.78, 5) is 36.2. The maximum absolute atomic E-state index is 12.1. The molecule has 6 heteroatoms. The van der Waals surface area contributed by atoms with Crippen LogP contribution in [-0.4, -0.2) is 35.2 Å². The fourth-order valence-corrected chi connectivity index (χ4v) is 2.15. The van der Waals surface area contributed by atoms with Crippen LogP contribution in [0.15, 0.2) is 24.3 Å². The van der Waals surface area contributed by atoms with Crippen LogP contribution in [0.1, 0.15) is 18.1 Å². The number of carbonyl (C=O) groups is 3. The van der Waals surface area contributed by atoms with E-state index in [4.69, 9.17) is 11.6 Å². The van der Waals surface area contributed by atoms with Gasteiger partial charge in [0.2, 0.25) is 17.7 Å². The molecule has 1 fully saturated rings. The lowest BCUT2D eigenvalue weighted by atomic mass is 10.1. The van der Waals surface area contributed by atoms with Crippen molar-refractivity contribution in [2.45, 2.75) is 19.9 Å². The van der Waals surface area contributed by atoms with Gasteiger partial charge in [-0.25, -0.2) is 0 Å². The largest absolute Gasteiger partial charge is 0.318 e. The predicted molar refractivity (Wildman–Crippen MR) is 79.5 cm³/mol. The first kappa shape index (κ1) is 15.3. The Labute approximate surface area is 127 Å². The molecule has 1 aromatic carbocycles. The van der Waals surface area contributed by atoms with Gasteiger partial charge in [-0.2, -0.15) is 0 Å². The second-order valence-electron chi connectivity index (χ2n) is 4.90. The van der Waals surface area contributed by atoms with Gasteiger partial charge < -0.3 is 4.90 Å². The molecule has 0 aromatic heterocycles. The second kappa shape index (κ2) is 6.10. The average molecular weight is 307 g/mol. The third kappa shape index (κ3) is 3.49. The second-order valence-corrected chi connectivity index (χ2v) is 5.30. The van der Waals surface area contributed by atoms with E-state index in [9.17, 15) is 14.4 Å². The Morgan fingerprint density at radius 2 is 2.14 bits per heavy atom. The molecule has 2 rings (SSSR count). The molecule has 1 saturated heterocycles. The predicted octanol–water partition coefficient (Wildman–Crippen LogP) is 1.54. The van der Waals surface area contributed by atoms with Gasteiger partial charge in [0.1, 0.15) is 12.6 Å². The normalized spacial score (nSPS) is 19.0. The van der Waals surface area contributed by atoms with Crippen LogP contribution in [0.2, 0.25) is 5.02 Å². The topological polar surface area (TPSA) is 66.5 Å². The van der Waals surface area contributed by atoms with E-state index in [0.717, 1.165) is 11.1 Å². The van der Waals surface area contributed by atoms with Gasteiger partial charge >= 0.3 is 0 Å². The van der Waals surface area contributed by atoms with E-state index >= 15 is 0 Å². The lowest BCUT2D eigenvalue weighted by Gasteiger charge is -2.30. The van der Waals surface area contributed by atoms with Crippen molar-refractivity contribution < 1.29 is 14.4 Å². The lowest BCUT2D eigenvalue weighted by Crippen LogP contribution is -2.58.